The van der Waals surface area contributed by atoms with Gasteiger partial charge in [0.1, 0.15) is 5.82 Å². The molecule has 4 rings (SSSR count). The largest absolute Gasteiger partial charge is 0.464 e. The first kappa shape index (κ1) is 25.5. The molecule has 0 saturated carbocycles. The van der Waals surface area contributed by atoms with Crippen LogP contribution in [0.15, 0.2) is 35.6 Å². The van der Waals surface area contributed by atoms with E-state index in [2.05, 4.69) is 20.2 Å². The summed E-state index contributed by atoms with van der Waals surface area (Å²) in [6.07, 6.45) is 3.38. The Balaban J connectivity index is 1.63. The number of halogens is 2. The molecule has 2 aromatic heterocycles. The molecule has 0 radical (unpaired) electrons. The topological polar surface area (TPSA) is 145 Å². The van der Waals surface area contributed by atoms with Gasteiger partial charge in [0.05, 0.1) is 17.4 Å². The van der Waals surface area contributed by atoms with Gasteiger partial charge >= 0.3 is 6.09 Å². The zero-order valence-electron chi connectivity index (χ0n) is 19.3. The van der Waals surface area contributed by atoms with Crippen LogP contribution in [-0.2, 0) is 10.0 Å². The number of carboxylic acid groups (broad SMARTS) is 1. The number of nitrogens with one attached hydrogen (secondary N) is 2. The number of hydrogen-bond donors (Lipinski definition) is 3. The molecule has 0 bridgehead atoms. The molecule has 0 unspecified atom stereocenters. The van der Waals surface area contributed by atoms with Gasteiger partial charge in [-0.05, 0) is 31.4 Å². The summed E-state index contributed by atoms with van der Waals surface area (Å²) in [7, 11) is -4.45. The minimum atomic E-state index is -4.45. The van der Waals surface area contributed by atoms with Crippen LogP contribution in [0.3, 0.4) is 0 Å². The fraction of sp³-hybridized carbons (Fsp3) is 0.455. The molecule has 2 fully saturated rings. The lowest BCUT2D eigenvalue weighted by Crippen LogP contribution is -2.40. The van der Waals surface area contributed by atoms with E-state index in [0.29, 0.717) is 0 Å². The van der Waals surface area contributed by atoms with Crippen molar-refractivity contribution in [2.45, 2.75) is 43.1 Å². The average Bonchev–Trinajstić information content (AvgIpc) is 2.84. The minimum Gasteiger partial charge on any atom is -0.464 e. The van der Waals surface area contributed by atoms with Gasteiger partial charge in [0, 0.05) is 57.0 Å². The third-order valence-electron chi connectivity index (χ3n) is 6.10. The molecule has 3 N–H and O–H groups in total. The van der Waals surface area contributed by atoms with E-state index in [-0.39, 0.29) is 43.0 Å². The van der Waals surface area contributed by atoms with E-state index in [1.165, 1.54) is 10.8 Å². The molecule has 0 aromatic carbocycles. The molecule has 14 heteroatoms. The fourth-order valence-electron chi connectivity index (χ4n) is 4.24. The van der Waals surface area contributed by atoms with Gasteiger partial charge in [-0.1, -0.05) is 0 Å². The SMILES string of the molecule is O=C(O)NS(=O)(=O)c1cc(NC(=O)c2cc(N3CCCCC3)cnc2N2CCC(F)(F)CC2)ccn1. The average molecular weight is 525 g/mol. The van der Waals surface area contributed by atoms with Crippen molar-refractivity contribution >= 4 is 39.2 Å². The van der Waals surface area contributed by atoms with Crippen molar-refractivity contribution in [1.29, 1.82) is 0 Å². The van der Waals surface area contributed by atoms with Crippen LogP contribution in [0.4, 0.5) is 30.8 Å². The minimum absolute atomic E-state index is 0.0296. The molecule has 2 amide bonds. The Morgan fingerprint density at radius 3 is 2.36 bits per heavy atom. The zero-order valence-corrected chi connectivity index (χ0v) is 20.1. The second kappa shape index (κ2) is 10.2. The second-order valence-electron chi connectivity index (χ2n) is 8.70. The second-order valence-corrected chi connectivity index (χ2v) is 10.3. The number of nitrogens with zero attached hydrogens (tertiary/aromatic N) is 4. The molecule has 0 spiro atoms. The predicted octanol–water partition coefficient (Wildman–Crippen LogP) is 2.91. The molecular formula is C22H26F2N6O5S. The lowest BCUT2D eigenvalue weighted by molar-refractivity contribution is -0.0221. The third-order valence-corrected chi connectivity index (χ3v) is 7.32. The van der Waals surface area contributed by atoms with Crippen molar-refractivity contribution in [2.24, 2.45) is 0 Å². The normalized spacial score (nSPS) is 17.9. The van der Waals surface area contributed by atoms with Gasteiger partial charge < -0.3 is 20.2 Å². The maximum absolute atomic E-state index is 13.7. The van der Waals surface area contributed by atoms with Crippen LogP contribution in [0.5, 0.6) is 0 Å². The number of rotatable bonds is 6. The van der Waals surface area contributed by atoms with E-state index >= 15 is 0 Å². The molecule has 2 saturated heterocycles. The highest BCUT2D eigenvalue weighted by Gasteiger charge is 2.35. The molecule has 2 aromatic rings. The number of carbonyl (C=O) groups is 2. The summed E-state index contributed by atoms with van der Waals surface area (Å²) < 4.78 is 53.1. The first-order chi connectivity index (χ1) is 17.0. The van der Waals surface area contributed by atoms with Crippen LogP contribution in [0, 0.1) is 0 Å². The van der Waals surface area contributed by atoms with Gasteiger partial charge in [-0.25, -0.2) is 28.3 Å². The van der Waals surface area contributed by atoms with Crippen molar-refractivity contribution in [1.82, 2.24) is 14.7 Å². The van der Waals surface area contributed by atoms with Crippen LogP contribution in [0.2, 0.25) is 0 Å². The standard InChI is InChI=1S/C22H26F2N6O5S/c23-22(24)5-10-30(11-6-22)19-17(13-16(14-26-19)29-8-2-1-3-9-29)20(31)27-15-4-7-25-18(12-15)36(34,35)28-21(32)33/h4,7,12-14,28H,1-3,5-6,8-11H2,(H,32,33)(H,25,27,31). The van der Waals surface area contributed by atoms with Crippen LogP contribution in [0.25, 0.3) is 0 Å². The van der Waals surface area contributed by atoms with E-state index < -0.39 is 33.0 Å². The number of carbonyl (C=O) groups excluding carboxylic acids is 1. The monoisotopic (exact) mass is 524 g/mol. The molecule has 36 heavy (non-hydrogen) atoms. The van der Waals surface area contributed by atoms with Gasteiger partial charge in [0.25, 0.3) is 21.9 Å². The Morgan fingerprint density at radius 1 is 1.00 bits per heavy atom. The molecular weight excluding hydrogens is 498 g/mol. The Kier molecular flexibility index (Phi) is 7.24. The van der Waals surface area contributed by atoms with Crippen molar-refractivity contribution < 1.29 is 31.9 Å². The summed E-state index contributed by atoms with van der Waals surface area (Å²) in [6.45, 7) is 1.67. The molecule has 11 nitrogen and oxygen atoms in total. The number of alkyl halides is 2. The lowest BCUT2D eigenvalue weighted by Gasteiger charge is -2.34. The molecule has 4 heterocycles. The molecule has 2 aliphatic heterocycles. The van der Waals surface area contributed by atoms with Crippen LogP contribution >= 0.6 is 0 Å². The highest BCUT2D eigenvalue weighted by atomic mass is 32.2. The fourth-order valence-corrected chi connectivity index (χ4v) is 5.05. The Bertz CT molecular complexity index is 1240. The van der Waals surface area contributed by atoms with Gasteiger partial charge in [0.15, 0.2) is 5.03 Å². The summed E-state index contributed by atoms with van der Waals surface area (Å²) in [6, 6.07) is 4.04. The van der Waals surface area contributed by atoms with Crippen molar-refractivity contribution in [2.75, 3.05) is 41.3 Å². The van der Waals surface area contributed by atoms with Crippen molar-refractivity contribution in [3.63, 3.8) is 0 Å². The van der Waals surface area contributed by atoms with Crippen LogP contribution < -0.4 is 19.8 Å². The Labute approximate surface area is 206 Å². The van der Waals surface area contributed by atoms with E-state index in [9.17, 15) is 26.8 Å². The summed E-state index contributed by atoms with van der Waals surface area (Å²) >= 11 is 0. The summed E-state index contributed by atoms with van der Waals surface area (Å²) in [5.41, 5.74) is 0.947. The number of sulfonamides is 1. The highest BCUT2D eigenvalue weighted by Crippen LogP contribution is 2.33. The number of hydrogen-bond acceptors (Lipinski definition) is 8. The number of anilines is 3. The first-order valence-corrected chi connectivity index (χ1v) is 12.9. The van der Waals surface area contributed by atoms with E-state index in [4.69, 9.17) is 5.11 Å². The van der Waals surface area contributed by atoms with Gasteiger partial charge in [0.2, 0.25) is 0 Å². The van der Waals surface area contributed by atoms with Crippen molar-refractivity contribution in [3.05, 3.63) is 36.2 Å². The molecule has 0 atom stereocenters. The number of piperidine rings is 2. The predicted molar refractivity (Wildman–Crippen MR) is 127 cm³/mol. The number of aromatic nitrogens is 2. The van der Waals surface area contributed by atoms with Crippen LogP contribution in [-0.4, -0.2) is 67.6 Å². The molecule has 0 aliphatic carbocycles. The smallest absolute Gasteiger partial charge is 0.418 e. The third kappa shape index (κ3) is 5.98. The summed E-state index contributed by atoms with van der Waals surface area (Å²) in [4.78, 5) is 36.0. The van der Waals surface area contributed by atoms with Gasteiger partial charge in [-0.15, -0.1) is 0 Å². The molecule has 194 valence electrons. The van der Waals surface area contributed by atoms with Gasteiger partial charge in [-0.3, -0.25) is 4.79 Å². The first-order valence-electron chi connectivity index (χ1n) is 11.4. The Hall–Kier alpha value is -3.55. The maximum atomic E-state index is 13.7. The van der Waals surface area contributed by atoms with Gasteiger partial charge in [-0.2, -0.15) is 8.42 Å². The van der Waals surface area contributed by atoms with Crippen LogP contribution in [0.1, 0.15) is 42.5 Å². The maximum Gasteiger partial charge on any atom is 0.418 e. The number of pyridine rings is 2. The van der Waals surface area contributed by atoms with E-state index in [0.717, 1.165) is 50.3 Å². The van der Waals surface area contributed by atoms with E-state index in [1.54, 1.807) is 17.2 Å². The summed E-state index contributed by atoms with van der Waals surface area (Å²) in [5, 5.41) is 10.7. The number of amides is 2. The lowest BCUT2D eigenvalue weighted by atomic mass is 10.1. The highest BCUT2D eigenvalue weighted by molar-refractivity contribution is 7.90. The Morgan fingerprint density at radius 2 is 1.69 bits per heavy atom. The van der Waals surface area contributed by atoms with Crippen molar-refractivity contribution in [3.8, 4) is 0 Å². The molecule has 2 aliphatic rings. The van der Waals surface area contributed by atoms with E-state index in [1.807, 2.05) is 0 Å². The zero-order chi connectivity index (χ0) is 25.9. The quantitative estimate of drug-likeness (QED) is 0.519. The summed E-state index contributed by atoms with van der Waals surface area (Å²) in [5.74, 6) is -3.12.